The van der Waals surface area contributed by atoms with Crippen LogP contribution in [0.4, 0.5) is 23.7 Å². The number of hydrogen-bond donors (Lipinski definition) is 1. The third kappa shape index (κ3) is 4.17. The molecule has 21 heavy (non-hydrogen) atoms. The van der Waals surface area contributed by atoms with E-state index in [1.165, 1.54) is 4.90 Å². The summed E-state index contributed by atoms with van der Waals surface area (Å²) in [5, 5.41) is 9.74. The largest absolute Gasteiger partial charge is 0.506 e. The molecule has 5 nitrogen and oxygen atoms in total. The zero-order valence-corrected chi connectivity index (χ0v) is 11.1. The molecule has 0 aliphatic carbocycles. The quantitative estimate of drug-likeness (QED) is 0.910. The van der Waals surface area contributed by atoms with E-state index in [-0.39, 0.29) is 18.8 Å². The molecule has 0 unspecified atom stereocenters. The highest BCUT2D eigenvalue weighted by Crippen LogP contribution is 2.27. The second-order valence-corrected chi connectivity index (χ2v) is 4.63. The Kier molecular flexibility index (Phi) is 4.44. The van der Waals surface area contributed by atoms with Crippen LogP contribution >= 0.6 is 0 Å². The standard InChI is InChI=1S/C13H15F3N2O3/c14-13(15,16)9-21-12(20)18-7-5-17(6-8-18)10-3-1-2-4-11(10)19/h1-4,19H,5-9H2. The Morgan fingerprint density at radius 2 is 1.81 bits per heavy atom. The number of anilines is 1. The van der Waals surface area contributed by atoms with E-state index in [9.17, 15) is 23.1 Å². The van der Waals surface area contributed by atoms with E-state index < -0.39 is 18.9 Å². The number of benzene rings is 1. The number of carbonyl (C=O) groups excluding carboxylic acids is 1. The molecule has 0 bridgehead atoms. The molecule has 1 aliphatic heterocycles. The molecule has 1 heterocycles. The van der Waals surface area contributed by atoms with Crippen LogP contribution in [-0.2, 0) is 4.74 Å². The fourth-order valence-electron chi connectivity index (χ4n) is 2.10. The van der Waals surface area contributed by atoms with Crippen LogP contribution in [0.25, 0.3) is 0 Å². The highest BCUT2D eigenvalue weighted by atomic mass is 19.4. The smallest absolute Gasteiger partial charge is 0.422 e. The number of para-hydroxylation sites is 2. The number of amides is 1. The molecule has 0 spiro atoms. The Hall–Kier alpha value is -2.12. The number of halogens is 3. The van der Waals surface area contributed by atoms with Crippen molar-refractivity contribution in [3.8, 4) is 5.75 Å². The lowest BCUT2D eigenvalue weighted by atomic mass is 10.2. The van der Waals surface area contributed by atoms with Crippen molar-refractivity contribution in [1.29, 1.82) is 0 Å². The van der Waals surface area contributed by atoms with Crippen molar-refractivity contribution < 1.29 is 27.8 Å². The summed E-state index contributed by atoms with van der Waals surface area (Å²) in [5.74, 6) is 0.130. The molecule has 1 amide bonds. The molecule has 0 aromatic heterocycles. The molecule has 0 saturated carbocycles. The first-order valence-corrected chi connectivity index (χ1v) is 6.38. The van der Waals surface area contributed by atoms with Crippen molar-refractivity contribution in [3.05, 3.63) is 24.3 Å². The number of aromatic hydroxyl groups is 1. The van der Waals surface area contributed by atoms with Crippen LogP contribution in [0.15, 0.2) is 24.3 Å². The average molecular weight is 304 g/mol. The minimum atomic E-state index is -4.52. The molecule has 1 N–H and O–H groups in total. The second-order valence-electron chi connectivity index (χ2n) is 4.63. The van der Waals surface area contributed by atoms with Crippen molar-refractivity contribution >= 4 is 11.8 Å². The molecular weight excluding hydrogens is 289 g/mol. The van der Waals surface area contributed by atoms with Gasteiger partial charge in [0, 0.05) is 26.2 Å². The SMILES string of the molecule is O=C(OCC(F)(F)F)N1CCN(c2ccccc2O)CC1. The van der Waals surface area contributed by atoms with Gasteiger partial charge in [0.15, 0.2) is 6.61 Å². The highest BCUT2D eigenvalue weighted by Gasteiger charge is 2.31. The molecule has 1 aromatic carbocycles. The van der Waals surface area contributed by atoms with Crippen molar-refractivity contribution in [2.75, 3.05) is 37.7 Å². The van der Waals surface area contributed by atoms with Gasteiger partial charge in [0.05, 0.1) is 5.69 Å². The zero-order valence-electron chi connectivity index (χ0n) is 11.1. The van der Waals surface area contributed by atoms with E-state index in [1.807, 2.05) is 4.90 Å². The van der Waals surface area contributed by atoms with Gasteiger partial charge < -0.3 is 19.6 Å². The van der Waals surface area contributed by atoms with Gasteiger partial charge in [-0.1, -0.05) is 12.1 Å². The maximum absolute atomic E-state index is 12.0. The summed E-state index contributed by atoms with van der Waals surface area (Å²) in [6, 6.07) is 6.77. The maximum atomic E-state index is 12.0. The van der Waals surface area contributed by atoms with Crippen LogP contribution in [0.1, 0.15) is 0 Å². The molecule has 2 rings (SSSR count). The zero-order chi connectivity index (χ0) is 15.5. The van der Waals surface area contributed by atoms with Gasteiger partial charge in [0.1, 0.15) is 5.75 Å². The number of nitrogens with zero attached hydrogens (tertiary/aromatic N) is 2. The number of alkyl halides is 3. The summed E-state index contributed by atoms with van der Waals surface area (Å²) in [4.78, 5) is 14.6. The second kappa shape index (κ2) is 6.11. The van der Waals surface area contributed by atoms with Gasteiger partial charge in [0.25, 0.3) is 0 Å². The molecule has 116 valence electrons. The van der Waals surface area contributed by atoms with Crippen molar-refractivity contribution in [2.24, 2.45) is 0 Å². The van der Waals surface area contributed by atoms with E-state index in [0.29, 0.717) is 18.8 Å². The van der Waals surface area contributed by atoms with Gasteiger partial charge in [-0.15, -0.1) is 0 Å². The monoisotopic (exact) mass is 304 g/mol. The molecule has 8 heteroatoms. The van der Waals surface area contributed by atoms with Gasteiger partial charge in [-0.25, -0.2) is 4.79 Å². The summed E-state index contributed by atoms with van der Waals surface area (Å²) in [6.07, 6.45) is -5.49. The third-order valence-corrected chi connectivity index (χ3v) is 3.12. The van der Waals surface area contributed by atoms with Gasteiger partial charge in [-0.2, -0.15) is 13.2 Å². The minimum absolute atomic E-state index is 0.130. The number of phenols is 1. The molecule has 1 saturated heterocycles. The topological polar surface area (TPSA) is 53.0 Å². The summed E-state index contributed by atoms with van der Waals surface area (Å²) < 4.78 is 40.1. The lowest BCUT2D eigenvalue weighted by Gasteiger charge is -2.35. The normalized spacial score (nSPS) is 16.0. The number of hydrogen-bond acceptors (Lipinski definition) is 4. The van der Waals surface area contributed by atoms with Gasteiger partial charge in [0.2, 0.25) is 0 Å². The minimum Gasteiger partial charge on any atom is -0.506 e. The summed E-state index contributed by atoms with van der Waals surface area (Å²) >= 11 is 0. The van der Waals surface area contributed by atoms with Crippen LogP contribution in [0.3, 0.4) is 0 Å². The molecule has 0 atom stereocenters. The first kappa shape index (κ1) is 15.3. The van der Waals surface area contributed by atoms with Crippen molar-refractivity contribution in [2.45, 2.75) is 6.18 Å². The Labute approximate surface area is 119 Å². The van der Waals surface area contributed by atoms with E-state index in [0.717, 1.165) is 0 Å². The van der Waals surface area contributed by atoms with Crippen molar-refractivity contribution in [3.63, 3.8) is 0 Å². The molecular formula is C13H15F3N2O3. The Bertz CT molecular complexity index is 500. The van der Waals surface area contributed by atoms with Gasteiger partial charge in [-0.05, 0) is 12.1 Å². The van der Waals surface area contributed by atoms with E-state index in [2.05, 4.69) is 4.74 Å². The predicted octanol–water partition coefficient (Wildman–Crippen LogP) is 2.21. The summed E-state index contributed by atoms with van der Waals surface area (Å²) in [6.45, 7) is -0.265. The first-order valence-electron chi connectivity index (χ1n) is 6.38. The van der Waals surface area contributed by atoms with E-state index in [4.69, 9.17) is 0 Å². The van der Waals surface area contributed by atoms with Crippen LogP contribution in [0, 0.1) is 0 Å². The van der Waals surface area contributed by atoms with Gasteiger partial charge in [-0.3, -0.25) is 0 Å². The Morgan fingerprint density at radius 3 is 2.38 bits per heavy atom. The number of piperazine rings is 1. The molecule has 1 fully saturated rings. The predicted molar refractivity (Wildman–Crippen MR) is 69.3 cm³/mol. The van der Waals surface area contributed by atoms with Crippen LogP contribution in [0.2, 0.25) is 0 Å². The van der Waals surface area contributed by atoms with E-state index >= 15 is 0 Å². The summed E-state index contributed by atoms with van der Waals surface area (Å²) in [5.41, 5.74) is 0.640. The molecule has 0 radical (unpaired) electrons. The molecule has 1 aromatic rings. The third-order valence-electron chi connectivity index (χ3n) is 3.12. The van der Waals surface area contributed by atoms with Gasteiger partial charge >= 0.3 is 12.3 Å². The number of ether oxygens (including phenoxy) is 1. The lowest BCUT2D eigenvalue weighted by molar-refractivity contribution is -0.162. The van der Waals surface area contributed by atoms with Crippen molar-refractivity contribution in [1.82, 2.24) is 4.90 Å². The average Bonchev–Trinajstić information content (AvgIpc) is 2.45. The lowest BCUT2D eigenvalue weighted by Crippen LogP contribution is -2.49. The van der Waals surface area contributed by atoms with Crippen LogP contribution in [0.5, 0.6) is 5.75 Å². The summed E-state index contributed by atoms with van der Waals surface area (Å²) in [7, 11) is 0. The van der Waals surface area contributed by atoms with Crippen LogP contribution < -0.4 is 4.90 Å². The number of rotatable bonds is 2. The molecule has 1 aliphatic rings. The number of carbonyl (C=O) groups is 1. The maximum Gasteiger partial charge on any atom is 0.422 e. The van der Waals surface area contributed by atoms with E-state index in [1.54, 1.807) is 24.3 Å². The first-order chi connectivity index (χ1) is 9.87. The highest BCUT2D eigenvalue weighted by molar-refractivity contribution is 5.68. The Balaban J connectivity index is 1.86. The number of phenolic OH excluding ortho intramolecular Hbond substituents is 1. The fraction of sp³-hybridized carbons (Fsp3) is 0.462. The Morgan fingerprint density at radius 1 is 1.19 bits per heavy atom. The van der Waals surface area contributed by atoms with Crippen LogP contribution in [-0.4, -0.2) is 55.1 Å². The fourth-order valence-corrected chi connectivity index (χ4v) is 2.10.